The Morgan fingerprint density at radius 2 is 1.77 bits per heavy atom. The molecule has 3 aromatic rings. The predicted octanol–water partition coefficient (Wildman–Crippen LogP) is 5.12. The van der Waals surface area contributed by atoms with Gasteiger partial charge in [0.2, 0.25) is 0 Å². The Balaban J connectivity index is 1.85. The van der Waals surface area contributed by atoms with E-state index in [-0.39, 0.29) is 17.9 Å². The number of aliphatic hydroxyl groups is 1. The van der Waals surface area contributed by atoms with Crippen molar-refractivity contribution in [1.29, 1.82) is 0 Å². The molecule has 0 radical (unpaired) electrons. The van der Waals surface area contributed by atoms with Gasteiger partial charge in [-0.2, -0.15) is 0 Å². The van der Waals surface area contributed by atoms with Crippen LogP contribution < -0.4 is 0 Å². The van der Waals surface area contributed by atoms with Crippen LogP contribution in [0.3, 0.4) is 0 Å². The summed E-state index contributed by atoms with van der Waals surface area (Å²) in [6.07, 6.45) is 3.29. The van der Waals surface area contributed by atoms with E-state index >= 15 is 0 Å². The largest absolute Gasteiger partial charge is 0.507 e. The van der Waals surface area contributed by atoms with Gasteiger partial charge in [-0.3, -0.25) is 14.6 Å². The quantitative estimate of drug-likeness (QED) is 0.318. The number of hydrogen-bond acceptors (Lipinski definition) is 4. The van der Waals surface area contributed by atoms with Crippen molar-refractivity contribution in [3.05, 3.63) is 105 Å². The first kappa shape index (κ1) is 20.3. The normalized spacial score (nSPS) is 18.1. The van der Waals surface area contributed by atoms with Crippen LogP contribution in [0, 0.1) is 0 Å². The molecule has 1 atom stereocenters. The van der Waals surface area contributed by atoms with Gasteiger partial charge in [0.05, 0.1) is 11.6 Å². The zero-order chi connectivity index (χ0) is 21.3. The lowest BCUT2D eigenvalue weighted by Gasteiger charge is -2.25. The number of carbonyl (C=O) groups is 2. The highest BCUT2D eigenvalue weighted by molar-refractivity contribution is 9.10. The fraction of sp³-hybridized carbons (Fsp3) is 0.0870. The molecule has 1 amide bonds. The molecule has 2 aromatic carbocycles. The summed E-state index contributed by atoms with van der Waals surface area (Å²) in [5.41, 5.74) is 1.97. The number of ketones is 1. The first-order valence-corrected chi connectivity index (χ1v) is 10.3. The number of aromatic nitrogens is 1. The molecule has 1 aliphatic rings. The Labute approximate surface area is 186 Å². The monoisotopic (exact) mass is 482 g/mol. The number of carbonyl (C=O) groups excluding carboxylic acids is 2. The fourth-order valence-electron chi connectivity index (χ4n) is 3.49. The number of rotatable bonds is 4. The van der Waals surface area contributed by atoms with Crippen LogP contribution in [-0.4, -0.2) is 26.7 Å². The van der Waals surface area contributed by atoms with Crippen molar-refractivity contribution in [2.45, 2.75) is 12.6 Å². The highest BCUT2D eigenvalue weighted by Gasteiger charge is 2.46. The molecule has 0 spiro atoms. The van der Waals surface area contributed by atoms with Crippen molar-refractivity contribution >= 4 is 45.0 Å². The van der Waals surface area contributed by atoms with Crippen molar-refractivity contribution in [1.82, 2.24) is 9.88 Å². The van der Waals surface area contributed by atoms with Crippen molar-refractivity contribution in [3.63, 3.8) is 0 Å². The number of amides is 1. The third-order valence-corrected chi connectivity index (χ3v) is 5.70. The van der Waals surface area contributed by atoms with Crippen LogP contribution in [0.5, 0.6) is 0 Å². The number of benzene rings is 2. The Bertz CT molecular complexity index is 1130. The van der Waals surface area contributed by atoms with Gasteiger partial charge in [-0.1, -0.05) is 45.7 Å². The molecule has 2 heterocycles. The maximum absolute atomic E-state index is 13.0. The molecule has 0 unspecified atom stereocenters. The van der Waals surface area contributed by atoms with Crippen LogP contribution in [0.4, 0.5) is 0 Å². The summed E-state index contributed by atoms with van der Waals surface area (Å²) in [7, 11) is 0. The molecular weight excluding hydrogens is 468 g/mol. The highest BCUT2D eigenvalue weighted by atomic mass is 79.9. The van der Waals surface area contributed by atoms with E-state index in [2.05, 4.69) is 20.9 Å². The molecule has 1 saturated heterocycles. The highest BCUT2D eigenvalue weighted by Crippen LogP contribution is 2.40. The zero-order valence-electron chi connectivity index (χ0n) is 15.6. The smallest absolute Gasteiger partial charge is 0.295 e. The van der Waals surface area contributed by atoms with Gasteiger partial charge in [-0.15, -0.1) is 0 Å². The van der Waals surface area contributed by atoms with Crippen molar-refractivity contribution in [2.75, 3.05) is 0 Å². The van der Waals surface area contributed by atoms with Gasteiger partial charge in [0, 0.05) is 34.0 Å². The number of pyridine rings is 1. The average molecular weight is 484 g/mol. The van der Waals surface area contributed by atoms with Gasteiger partial charge in [-0.05, 0) is 53.6 Å². The van der Waals surface area contributed by atoms with Gasteiger partial charge in [0.1, 0.15) is 5.76 Å². The zero-order valence-corrected chi connectivity index (χ0v) is 18.0. The van der Waals surface area contributed by atoms with E-state index in [9.17, 15) is 14.7 Å². The minimum atomic E-state index is -0.728. The standard InChI is InChI=1S/C23H16BrClN2O3/c24-17-7-3-15(4-8-17)20-19(21(28)16-5-9-18(25)10-6-16)22(29)23(30)27(20)13-14-2-1-11-26-12-14/h1-12,20,28H,13H2/b21-19+/t20-/m0/s1. The summed E-state index contributed by atoms with van der Waals surface area (Å²) >= 11 is 9.35. The molecule has 0 bridgehead atoms. The van der Waals surface area contributed by atoms with E-state index in [1.807, 2.05) is 30.3 Å². The Morgan fingerprint density at radius 3 is 2.40 bits per heavy atom. The van der Waals surface area contributed by atoms with E-state index in [0.717, 1.165) is 15.6 Å². The molecule has 5 nitrogen and oxygen atoms in total. The molecule has 0 aliphatic carbocycles. The third-order valence-electron chi connectivity index (χ3n) is 4.92. The van der Waals surface area contributed by atoms with Crippen molar-refractivity contribution < 1.29 is 14.7 Å². The first-order chi connectivity index (χ1) is 14.5. The van der Waals surface area contributed by atoms with Crippen molar-refractivity contribution in [2.24, 2.45) is 0 Å². The summed E-state index contributed by atoms with van der Waals surface area (Å²) in [6.45, 7) is 0.191. The molecule has 7 heteroatoms. The number of Topliss-reactive ketones (excluding diaryl/α,β-unsaturated/α-hetero) is 1. The van der Waals surface area contributed by atoms with Gasteiger partial charge in [-0.25, -0.2) is 0 Å². The summed E-state index contributed by atoms with van der Waals surface area (Å²) < 4.78 is 0.869. The van der Waals surface area contributed by atoms with Gasteiger partial charge in [0.25, 0.3) is 11.7 Å². The molecule has 1 fully saturated rings. The second-order valence-electron chi connectivity index (χ2n) is 6.85. The van der Waals surface area contributed by atoms with Crippen LogP contribution in [0.25, 0.3) is 5.76 Å². The molecule has 0 saturated carbocycles. The maximum Gasteiger partial charge on any atom is 0.295 e. The molecular formula is C23H16BrClN2O3. The second-order valence-corrected chi connectivity index (χ2v) is 8.20. The Kier molecular flexibility index (Phi) is 5.70. The molecule has 30 heavy (non-hydrogen) atoms. The third kappa shape index (κ3) is 3.88. The van der Waals surface area contributed by atoms with Crippen LogP contribution in [0.15, 0.2) is 83.1 Å². The van der Waals surface area contributed by atoms with E-state index in [1.165, 1.54) is 4.90 Å². The van der Waals surface area contributed by atoms with Crippen LogP contribution >= 0.6 is 27.5 Å². The first-order valence-electron chi connectivity index (χ1n) is 9.14. The van der Waals surface area contributed by atoms with Crippen molar-refractivity contribution in [3.8, 4) is 0 Å². The number of likely N-dealkylation sites (tertiary alicyclic amines) is 1. The molecule has 4 rings (SSSR count). The summed E-state index contributed by atoms with van der Waals surface area (Å²) in [4.78, 5) is 31.5. The minimum absolute atomic E-state index is 0.0496. The maximum atomic E-state index is 13.0. The molecule has 1 aromatic heterocycles. The van der Waals surface area contributed by atoms with Gasteiger partial charge >= 0.3 is 0 Å². The molecule has 1 N–H and O–H groups in total. The lowest BCUT2D eigenvalue weighted by Crippen LogP contribution is -2.29. The number of halogens is 2. The van der Waals surface area contributed by atoms with Gasteiger partial charge < -0.3 is 10.0 Å². The topological polar surface area (TPSA) is 70.5 Å². The van der Waals surface area contributed by atoms with E-state index in [4.69, 9.17) is 11.6 Å². The Hall–Kier alpha value is -2.96. The number of hydrogen-bond donors (Lipinski definition) is 1. The summed E-state index contributed by atoms with van der Waals surface area (Å²) in [5, 5.41) is 11.5. The number of aliphatic hydroxyl groups excluding tert-OH is 1. The van der Waals surface area contributed by atoms with Crippen LogP contribution in [0.1, 0.15) is 22.7 Å². The summed E-state index contributed by atoms with van der Waals surface area (Å²) in [5.74, 6) is -1.62. The predicted molar refractivity (Wildman–Crippen MR) is 118 cm³/mol. The SMILES string of the molecule is O=C1C(=O)N(Cc2cccnc2)[C@@H](c2ccc(Br)cc2)/C1=C(\O)c1ccc(Cl)cc1. The summed E-state index contributed by atoms with van der Waals surface area (Å²) in [6, 6.07) is 16.7. The van der Waals surface area contributed by atoms with E-state index in [0.29, 0.717) is 10.6 Å². The number of nitrogens with zero attached hydrogens (tertiary/aromatic N) is 2. The van der Waals surface area contributed by atoms with Crippen LogP contribution in [0.2, 0.25) is 5.02 Å². The minimum Gasteiger partial charge on any atom is -0.507 e. The molecule has 150 valence electrons. The molecule has 1 aliphatic heterocycles. The fourth-order valence-corrected chi connectivity index (χ4v) is 3.88. The Morgan fingerprint density at radius 1 is 1.07 bits per heavy atom. The van der Waals surface area contributed by atoms with E-state index in [1.54, 1.807) is 42.7 Å². The average Bonchev–Trinajstić information content (AvgIpc) is 3.00. The second kappa shape index (κ2) is 8.42. The lowest BCUT2D eigenvalue weighted by molar-refractivity contribution is -0.140. The van der Waals surface area contributed by atoms with Crippen LogP contribution in [-0.2, 0) is 16.1 Å². The lowest BCUT2D eigenvalue weighted by atomic mass is 9.95. The van der Waals surface area contributed by atoms with E-state index < -0.39 is 17.7 Å². The van der Waals surface area contributed by atoms with Gasteiger partial charge in [0.15, 0.2) is 0 Å².